The summed E-state index contributed by atoms with van der Waals surface area (Å²) in [6.45, 7) is 2.09. The van der Waals surface area contributed by atoms with Gasteiger partial charge in [0.1, 0.15) is 30.2 Å². The number of rotatable bonds is 16. The monoisotopic (exact) mass is 718 g/mol. The van der Waals surface area contributed by atoms with Crippen LogP contribution in [0.2, 0.25) is 0 Å². The second kappa shape index (κ2) is 18.5. The number of hydrogen-bond acceptors (Lipinski definition) is 9. The Morgan fingerprint density at radius 3 is 1.57 bits per heavy atom. The third kappa shape index (κ3) is 10.4. The van der Waals surface area contributed by atoms with E-state index in [0.717, 1.165) is 13.0 Å². The average molecular weight is 719 g/mol. The van der Waals surface area contributed by atoms with Crippen molar-refractivity contribution >= 4 is 47.4 Å². The fraction of sp³-hybridized carbons (Fsp3) is 0.750. The number of nitrogens with zero attached hydrogens (tertiary/aromatic N) is 5. The first-order chi connectivity index (χ1) is 24.4. The number of aliphatic imine (C=N–C) groups is 2. The number of aliphatic carboxylic acids is 1. The summed E-state index contributed by atoms with van der Waals surface area (Å²) >= 11 is 0. The van der Waals surface area contributed by atoms with Crippen LogP contribution in [0.15, 0.2) is 9.98 Å². The standard InChI is InChI=1S/C32H54N12O7/c33-31(34)38-14-2-8-20(40-25(45)22-10-4-16-42(22)27(47)19-7-1-13-37-19)28(48)43-17-5-11-23(43)26(46)41-21(9-3-15-39-32(35)36)29(49)44-18-6-12-24(44)30(50)51/h19-24,37H,1-18H2,(H,40,45)(H,41,46)(H,50,51)(H4,33,34,38)(H4,35,36,39)/t19-,20-,21-,22-,23-,24-/m0/s1. The van der Waals surface area contributed by atoms with Crippen molar-refractivity contribution in [2.75, 3.05) is 39.3 Å². The molecule has 19 nitrogen and oxygen atoms in total. The Kier molecular flexibility index (Phi) is 14.2. The van der Waals surface area contributed by atoms with Crippen LogP contribution in [0.5, 0.6) is 0 Å². The molecule has 0 aromatic heterocycles. The van der Waals surface area contributed by atoms with E-state index in [1.165, 1.54) is 9.80 Å². The van der Waals surface area contributed by atoms with E-state index in [9.17, 15) is 33.9 Å². The van der Waals surface area contributed by atoms with Crippen LogP contribution in [0, 0.1) is 0 Å². The summed E-state index contributed by atoms with van der Waals surface area (Å²) in [7, 11) is 0. The summed E-state index contributed by atoms with van der Waals surface area (Å²) in [5, 5.41) is 18.5. The van der Waals surface area contributed by atoms with Crippen molar-refractivity contribution in [2.24, 2.45) is 32.9 Å². The highest BCUT2D eigenvalue weighted by molar-refractivity contribution is 5.97. The second-order valence-corrected chi connectivity index (χ2v) is 13.6. The summed E-state index contributed by atoms with van der Waals surface area (Å²) < 4.78 is 0. The molecular weight excluding hydrogens is 664 g/mol. The molecule has 0 aromatic rings. The summed E-state index contributed by atoms with van der Waals surface area (Å²) in [5.74, 6) is -3.47. The van der Waals surface area contributed by atoms with E-state index in [4.69, 9.17) is 22.9 Å². The number of carboxylic acids is 1. The topological polar surface area (TPSA) is 297 Å². The van der Waals surface area contributed by atoms with Crippen LogP contribution in [0.1, 0.15) is 77.0 Å². The predicted octanol–water partition coefficient (Wildman–Crippen LogP) is -3.13. The molecule has 4 saturated heterocycles. The lowest BCUT2D eigenvalue weighted by Crippen LogP contribution is -2.58. The number of nitrogens with one attached hydrogen (secondary N) is 3. The lowest BCUT2D eigenvalue weighted by molar-refractivity contribution is -0.150. The number of carbonyl (C=O) groups is 6. The molecule has 6 atom stereocenters. The van der Waals surface area contributed by atoms with Crippen molar-refractivity contribution in [3.05, 3.63) is 0 Å². The first-order valence-corrected chi connectivity index (χ1v) is 18.0. The number of likely N-dealkylation sites (tertiary alicyclic amines) is 3. The zero-order chi connectivity index (χ0) is 37.1. The van der Waals surface area contributed by atoms with Gasteiger partial charge in [0.25, 0.3) is 0 Å². The Labute approximate surface area is 297 Å². The Hall–Kier alpha value is -4.68. The van der Waals surface area contributed by atoms with Crippen molar-refractivity contribution in [2.45, 2.75) is 113 Å². The lowest BCUT2D eigenvalue weighted by Gasteiger charge is -2.32. The zero-order valence-electron chi connectivity index (χ0n) is 29.1. The quantitative estimate of drug-likeness (QED) is 0.0447. The van der Waals surface area contributed by atoms with Gasteiger partial charge in [0.15, 0.2) is 11.9 Å². The Morgan fingerprint density at radius 1 is 0.667 bits per heavy atom. The molecule has 0 radical (unpaired) electrons. The molecule has 4 aliphatic heterocycles. The molecular formula is C32H54N12O7. The van der Waals surface area contributed by atoms with E-state index in [2.05, 4.69) is 25.9 Å². The van der Waals surface area contributed by atoms with Crippen LogP contribution in [-0.2, 0) is 28.8 Å². The van der Waals surface area contributed by atoms with Gasteiger partial charge in [-0.15, -0.1) is 0 Å². The maximum Gasteiger partial charge on any atom is 0.326 e. The van der Waals surface area contributed by atoms with Crippen LogP contribution in [0.4, 0.5) is 0 Å². The van der Waals surface area contributed by atoms with Crippen molar-refractivity contribution < 1.29 is 33.9 Å². The molecule has 19 heteroatoms. The van der Waals surface area contributed by atoms with E-state index in [0.29, 0.717) is 64.3 Å². The number of carbonyl (C=O) groups excluding carboxylic acids is 5. The molecule has 12 N–H and O–H groups in total. The Morgan fingerprint density at radius 2 is 1.12 bits per heavy atom. The molecule has 0 aliphatic carbocycles. The summed E-state index contributed by atoms with van der Waals surface area (Å²) in [4.78, 5) is 92.6. The second-order valence-electron chi connectivity index (χ2n) is 13.6. The fourth-order valence-electron chi connectivity index (χ4n) is 7.45. The molecule has 4 aliphatic rings. The van der Waals surface area contributed by atoms with E-state index < -0.39 is 59.8 Å². The first kappa shape index (κ1) is 39.1. The number of carboxylic acid groups (broad SMARTS) is 1. The Balaban J connectivity index is 1.48. The third-order valence-electron chi connectivity index (χ3n) is 9.98. The van der Waals surface area contributed by atoms with Crippen LogP contribution >= 0.6 is 0 Å². The van der Waals surface area contributed by atoms with E-state index in [-0.39, 0.29) is 62.9 Å². The van der Waals surface area contributed by atoms with Gasteiger partial charge in [-0.25, -0.2) is 4.79 Å². The summed E-state index contributed by atoms with van der Waals surface area (Å²) in [6, 6.07) is -5.09. The SMILES string of the molecule is NC(N)=NCCC[C@H](NC(=O)[C@@H]1CCCN1C(=O)[C@H](CCCN=C(N)N)NC(=O)[C@@H]1CCCN1C(=O)[C@@H]1CCCN1)C(=O)N1CCC[C@H]1C(=O)O. The van der Waals surface area contributed by atoms with Crippen molar-refractivity contribution in [3.8, 4) is 0 Å². The van der Waals surface area contributed by atoms with Crippen molar-refractivity contribution in [1.29, 1.82) is 0 Å². The third-order valence-corrected chi connectivity index (χ3v) is 9.98. The van der Waals surface area contributed by atoms with Crippen LogP contribution in [0.25, 0.3) is 0 Å². The highest BCUT2D eigenvalue weighted by Gasteiger charge is 2.43. The molecule has 0 aromatic carbocycles. The maximum absolute atomic E-state index is 14.2. The minimum absolute atomic E-state index is 0.107. The fourth-order valence-corrected chi connectivity index (χ4v) is 7.45. The van der Waals surface area contributed by atoms with Gasteiger partial charge >= 0.3 is 5.97 Å². The van der Waals surface area contributed by atoms with E-state index >= 15 is 0 Å². The van der Waals surface area contributed by atoms with Crippen molar-refractivity contribution in [3.63, 3.8) is 0 Å². The average Bonchev–Trinajstić information content (AvgIpc) is 3.92. The molecule has 0 saturated carbocycles. The highest BCUT2D eigenvalue weighted by atomic mass is 16.4. The van der Waals surface area contributed by atoms with Gasteiger partial charge in [0, 0.05) is 32.7 Å². The number of guanidine groups is 2. The lowest BCUT2D eigenvalue weighted by atomic mass is 10.1. The first-order valence-electron chi connectivity index (χ1n) is 18.0. The number of nitrogens with two attached hydrogens (primary N) is 4. The maximum atomic E-state index is 14.2. The van der Waals surface area contributed by atoms with Gasteiger partial charge in [0.2, 0.25) is 29.5 Å². The van der Waals surface area contributed by atoms with E-state index in [1.807, 2.05) is 0 Å². The molecule has 0 unspecified atom stereocenters. The highest BCUT2D eigenvalue weighted by Crippen LogP contribution is 2.24. The molecule has 0 spiro atoms. The van der Waals surface area contributed by atoms with Crippen LogP contribution in [-0.4, -0.2) is 143 Å². The van der Waals surface area contributed by atoms with Crippen molar-refractivity contribution in [1.82, 2.24) is 30.7 Å². The molecule has 51 heavy (non-hydrogen) atoms. The van der Waals surface area contributed by atoms with E-state index in [1.54, 1.807) is 4.90 Å². The number of amides is 5. The molecule has 4 heterocycles. The smallest absolute Gasteiger partial charge is 0.326 e. The van der Waals surface area contributed by atoms with Crippen LogP contribution < -0.4 is 38.9 Å². The minimum Gasteiger partial charge on any atom is -0.480 e. The predicted molar refractivity (Wildman–Crippen MR) is 187 cm³/mol. The molecule has 4 rings (SSSR count). The van der Waals surface area contributed by atoms with Gasteiger partial charge in [-0.2, -0.15) is 0 Å². The Bertz CT molecular complexity index is 1350. The summed E-state index contributed by atoms with van der Waals surface area (Å²) in [5.41, 5.74) is 21.8. The van der Waals surface area contributed by atoms with Gasteiger partial charge in [-0.3, -0.25) is 34.0 Å². The molecule has 284 valence electrons. The van der Waals surface area contributed by atoms with Crippen LogP contribution in [0.3, 0.4) is 0 Å². The largest absolute Gasteiger partial charge is 0.480 e. The number of hydrogen-bond donors (Lipinski definition) is 8. The van der Waals surface area contributed by atoms with Gasteiger partial charge in [0.05, 0.1) is 6.04 Å². The molecule has 4 fully saturated rings. The zero-order valence-corrected chi connectivity index (χ0v) is 29.1. The summed E-state index contributed by atoms with van der Waals surface area (Å²) in [6.07, 6.45) is 5.36. The molecule has 0 bridgehead atoms. The van der Waals surface area contributed by atoms with Gasteiger partial charge in [-0.1, -0.05) is 0 Å². The van der Waals surface area contributed by atoms with Gasteiger partial charge in [-0.05, 0) is 83.6 Å². The molecule has 5 amide bonds. The normalized spacial score (nSPS) is 24.1. The minimum atomic E-state index is -1.12. The van der Waals surface area contributed by atoms with Gasteiger partial charge < -0.3 is 58.7 Å².